The highest BCUT2D eigenvalue weighted by atomic mass is 79.9. The van der Waals surface area contributed by atoms with Crippen molar-refractivity contribution >= 4 is 21.9 Å². The van der Waals surface area contributed by atoms with Crippen LogP contribution in [0.2, 0.25) is 0 Å². The predicted molar refractivity (Wildman–Crippen MR) is 77.4 cm³/mol. The number of oxazole rings is 2. The Morgan fingerprint density at radius 1 is 1.43 bits per heavy atom. The molecule has 21 heavy (non-hydrogen) atoms. The number of rotatable bonds is 3. The molecule has 0 aliphatic heterocycles. The van der Waals surface area contributed by atoms with E-state index >= 15 is 0 Å². The van der Waals surface area contributed by atoms with E-state index in [4.69, 9.17) is 14.6 Å². The molecule has 0 spiro atoms. The number of esters is 1. The molecule has 0 radical (unpaired) electrons. The van der Waals surface area contributed by atoms with E-state index in [1.54, 1.807) is 0 Å². The van der Waals surface area contributed by atoms with Gasteiger partial charge >= 0.3 is 5.97 Å². The van der Waals surface area contributed by atoms with Crippen molar-refractivity contribution in [2.45, 2.75) is 26.8 Å². The number of aromatic nitrogens is 2. The van der Waals surface area contributed by atoms with E-state index in [1.165, 1.54) is 13.4 Å². The van der Waals surface area contributed by atoms with Crippen molar-refractivity contribution in [2.75, 3.05) is 7.11 Å². The molecule has 0 bridgehead atoms. The Bertz CT molecular complexity index is 657. The zero-order chi connectivity index (χ0) is 15.8. The summed E-state index contributed by atoms with van der Waals surface area (Å²) in [4.78, 5) is 19.7. The maximum absolute atomic E-state index is 11.4. The summed E-state index contributed by atoms with van der Waals surface area (Å²) in [5.41, 5.74) is 6.30. The molecule has 1 atom stereocenters. The average molecular weight is 358 g/mol. The molecule has 2 aromatic heterocycles. The molecule has 2 heterocycles. The maximum atomic E-state index is 11.4. The zero-order valence-electron chi connectivity index (χ0n) is 12.1. The first-order valence-electron chi connectivity index (χ1n) is 6.20. The van der Waals surface area contributed by atoms with Crippen molar-refractivity contribution in [1.29, 1.82) is 0 Å². The molecule has 2 rings (SSSR count). The highest BCUT2D eigenvalue weighted by Gasteiger charge is 2.29. The molecule has 0 fully saturated rings. The summed E-state index contributed by atoms with van der Waals surface area (Å²) in [5, 5.41) is 0. The largest absolute Gasteiger partial charge is 0.464 e. The Balaban J connectivity index is 2.35. The topological polar surface area (TPSA) is 104 Å². The van der Waals surface area contributed by atoms with Crippen LogP contribution in [0.1, 0.15) is 43.2 Å². The van der Waals surface area contributed by atoms with Gasteiger partial charge in [-0.25, -0.2) is 14.8 Å². The van der Waals surface area contributed by atoms with Crippen molar-refractivity contribution in [2.24, 2.45) is 11.1 Å². The Labute approximate surface area is 130 Å². The van der Waals surface area contributed by atoms with Crippen LogP contribution in [0.3, 0.4) is 0 Å². The van der Waals surface area contributed by atoms with Crippen molar-refractivity contribution in [3.8, 4) is 11.6 Å². The fourth-order valence-electron chi connectivity index (χ4n) is 1.53. The standard InChI is InChI=1S/C13H16BrN3O4/c1-13(2,3)8(15)11-17-7(9(14)21-11)10-16-6(5-20-10)12(18)19-4/h5,8H,15H2,1-4H3/t8-/m1/s1. The van der Waals surface area contributed by atoms with Crippen molar-refractivity contribution in [3.63, 3.8) is 0 Å². The van der Waals surface area contributed by atoms with Gasteiger partial charge in [0.15, 0.2) is 11.4 Å². The smallest absolute Gasteiger partial charge is 0.360 e. The van der Waals surface area contributed by atoms with Crippen LogP contribution in [0, 0.1) is 5.41 Å². The summed E-state index contributed by atoms with van der Waals surface area (Å²) in [5.74, 6) is -0.0724. The Hall–Kier alpha value is -1.67. The minimum absolute atomic E-state index is 0.0593. The molecule has 8 heteroatoms. The second-order valence-electron chi connectivity index (χ2n) is 5.55. The summed E-state index contributed by atoms with van der Waals surface area (Å²) in [6.45, 7) is 5.95. The SMILES string of the molecule is COC(=O)c1coc(-c2nc([C@@H](N)C(C)(C)C)oc2Br)n1. The summed E-state index contributed by atoms with van der Waals surface area (Å²) >= 11 is 3.25. The number of nitrogens with two attached hydrogens (primary N) is 1. The normalized spacial score (nSPS) is 13.2. The molecule has 0 aliphatic rings. The molecule has 0 aliphatic carbocycles. The quantitative estimate of drug-likeness (QED) is 0.841. The Morgan fingerprint density at radius 3 is 2.67 bits per heavy atom. The third kappa shape index (κ3) is 3.16. The fraction of sp³-hybridized carbons (Fsp3) is 0.462. The lowest BCUT2D eigenvalue weighted by atomic mass is 9.87. The fourth-order valence-corrected chi connectivity index (χ4v) is 1.96. The third-order valence-electron chi connectivity index (χ3n) is 2.90. The van der Waals surface area contributed by atoms with Crippen molar-refractivity contribution in [3.05, 3.63) is 22.5 Å². The van der Waals surface area contributed by atoms with Crippen LogP contribution < -0.4 is 5.73 Å². The van der Waals surface area contributed by atoms with E-state index in [0.717, 1.165) is 0 Å². The molecule has 7 nitrogen and oxygen atoms in total. The molecule has 0 unspecified atom stereocenters. The molecule has 2 N–H and O–H groups in total. The van der Waals surface area contributed by atoms with E-state index < -0.39 is 12.0 Å². The van der Waals surface area contributed by atoms with E-state index in [-0.39, 0.29) is 17.0 Å². The highest BCUT2D eigenvalue weighted by Crippen LogP contribution is 2.35. The van der Waals surface area contributed by atoms with Gasteiger partial charge in [-0.2, -0.15) is 0 Å². The monoisotopic (exact) mass is 357 g/mol. The molecular formula is C13H16BrN3O4. The van der Waals surface area contributed by atoms with E-state index in [1.807, 2.05) is 20.8 Å². The number of halogens is 1. The van der Waals surface area contributed by atoms with Gasteiger partial charge in [0, 0.05) is 0 Å². The lowest BCUT2D eigenvalue weighted by Crippen LogP contribution is -2.26. The van der Waals surface area contributed by atoms with Crippen LogP contribution in [0.4, 0.5) is 0 Å². The number of ether oxygens (including phenoxy) is 1. The third-order valence-corrected chi connectivity index (χ3v) is 3.44. The van der Waals surface area contributed by atoms with E-state index in [0.29, 0.717) is 16.3 Å². The average Bonchev–Trinajstić information content (AvgIpc) is 3.02. The van der Waals surface area contributed by atoms with Crippen LogP contribution in [0.5, 0.6) is 0 Å². The zero-order valence-corrected chi connectivity index (χ0v) is 13.7. The van der Waals surface area contributed by atoms with E-state index in [2.05, 4.69) is 30.6 Å². The molecule has 114 valence electrons. The Morgan fingerprint density at radius 2 is 2.10 bits per heavy atom. The van der Waals surface area contributed by atoms with Crippen LogP contribution in [-0.2, 0) is 4.74 Å². The predicted octanol–water partition coefficient (Wildman–Crippen LogP) is 2.92. The summed E-state index contributed by atoms with van der Waals surface area (Å²) in [7, 11) is 1.27. The second-order valence-corrected chi connectivity index (χ2v) is 6.27. The summed E-state index contributed by atoms with van der Waals surface area (Å²) in [6.07, 6.45) is 1.20. The summed E-state index contributed by atoms with van der Waals surface area (Å²) < 4.78 is 15.7. The molecule has 0 saturated carbocycles. The van der Waals surface area contributed by atoms with Crippen LogP contribution in [0.25, 0.3) is 11.6 Å². The van der Waals surface area contributed by atoms with Crippen LogP contribution in [0.15, 0.2) is 19.8 Å². The molecule has 0 saturated heterocycles. The van der Waals surface area contributed by atoms with Gasteiger partial charge in [-0.3, -0.25) is 0 Å². The number of hydrogen-bond acceptors (Lipinski definition) is 7. The van der Waals surface area contributed by atoms with Gasteiger partial charge in [0.25, 0.3) is 5.89 Å². The minimum Gasteiger partial charge on any atom is -0.464 e. The van der Waals surface area contributed by atoms with Gasteiger partial charge in [0.05, 0.1) is 13.2 Å². The van der Waals surface area contributed by atoms with Gasteiger partial charge in [-0.05, 0) is 21.3 Å². The number of carbonyl (C=O) groups is 1. The lowest BCUT2D eigenvalue weighted by molar-refractivity contribution is 0.0594. The van der Waals surface area contributed by atoms with Gasteiger partial charge in [-0.15, -0.1) is 0 Å². The van der Waals surface area contributed by atoms with Gasteiger partial charge in [0.1, 0.15) is 6.26 Å². The Kier molecular flexibility index (Phi) is 4.20. The van der Waals surface area contributed by atoms with Gasteiger partial charge < -0.3 is 19.3 Å². The number of nitrogens with zero attached hydrogens (tertiary/aromatic N) is 2. The van der Waals surface area contributed by atoms with Crippen molar-refractivity contribution in [1.82, 2.24) is 9.97 Å². The molecule has 2 aromatic rings. The van der Waals surface area contributed by atoms with Gasteiger partial charge in [-0.1, -0.05) is 20.8 Å². The molecule has 0 amide bonds. The first-order valence-corrected chi connectivity index (χ1v) is 6.99. The maximum Gasteiger partial charge on any atom is 0.360 e. The van der Waals surface area contributed by atoms with E-state index in [9.17, 15) is 4.79 Å². The first-order chi connectivity index (χ1) is 9.74. The number of hydrogen-bond donors (Lipinski definition) is 1. The molecule has 0 aromatic carbocycles. The van der Waals surface area contributed by atoms with Crippen LogP contribution >= 0.6 is 15.9 Å². The van der Waals surface area contributed by atoms with Gasteiger partial charge in [0.2, 0.25) is 10.6 Å². The van der Waals surface area contributed by atoms with Crippen LogP contribution in [-0.4, -0.2) is 23.0 Å². The minimum atomic E-state index is -0.587. The number of carbonyl (C=O) groups excluding carboxylic acids is 1. The first kappa shape index (κ1) is 15.7. The number of methoxy groups -OCH3 is 1. The summed E-state index contributed by atoms with van der Waals surface area (Å²) in [6, 6.07) is -0.391. The highest BCUT2D eigenvalue weighted by molar-refractivity contribution is 9.10. The van der Waals surface area contributed by atoms with Crippen molar-refractivity contribution < 1.29 is 18.4 Å². The lowest BCUT2D eigenvalue weighted by Gasteiger charge is -2.23. The second kappa shape index (κ2) is 5.61. The molecular weight excluding hydrogens is 342 g/mol.